The van der Waals surface area contributed by atoms with Crippen molar-refractivity contribution < 1.29 is 9.47 Å². The Balaban J connectivity index is 1.31. The topological polar surface area (TPSA) is 24.9 Å². The van der Waals surface area contributed by atoms with Gasteiger partial charge in [0.15, 0.2) is 0 Å². The molecule has 3 rings (SSSR count). The normalized spacial score (nSPS) is 13.4. The summed E-state index contributed by atoms with van der Waals surface area (Å²) >= 11 is 0. The van der Waals surface area contributed by atoms with Gasteiger partial charge in [-0.2, -0.15) is 0 Å². The molecule has 1 heterocycles. The van der Waals surface area contributed by atoms with E-state index >= 15 is 0 Å². The Kier molecular flexibility index (Phi) is 5.40. The highest BCUT2D eigenvalue weighted by Gasteiger charge is 2.11. The number of benzene rings is 2. The number of hydrogen-bond acceptors (Lipinski definition) is 4. The monoisotopic (exact) mass is 310 g/mol. The summed E-state index contributed by atoms with van der Waals surface area (Å²) in [6.07, 6.45) is 4.22. The third-order valence-corrected chi connectivity index (χ3v) is 3.63. The molecule has 0 bridgehead atoms. The Hall–Kier alpha value is -2.62. The lowest BCUT2D eigenvalue weighted by Crippen LogP contribution is -2.30. The van der Waals surface area contributed by atoms with Gasteiger partial charge in [0.2, 0.25) is 0 Å². The van der Waals surface area contributed by atoms with Crippen molar-refractivity contribution in [2.75, 3.05) is 33.0 Å². The first-order chi connectivity index (χ1) is 11.4. The molecule has 0 N–H and O–H groups in total. The van der Waals surface area contributed by atoms with E-state index in [-0.39, 0.29) is 0 Å². The van der Waals surface area contributed by atoms with Gasteiger partial charge in [-0.3, -0.25) is 0 Å². The number of para-hydroxylation sites is 2. The first kappa shape index (κ1) is 15.3. The molecule has 0 saturated heterocycles. The smallest absolute Gasteiger partial charge is 0.119 e. The molecule has 0 radical (unpaired) electrons. The third-order valence-electron chi connectivity index (χ3n) is 3.63. The van der Waals surface area contributed by atoms with Gasteiger partial charge >= 0.3 is 0 Å². The van der Waals surface area contributed by atoms with Gasteiger partial charge in [0, 0.05) is 12.4 Å². The predicted octanol–water partition coefficient (Wildman–Crippen LogP) is 3.19. The second-order valence-electron chi connectivity index (χ2n) is 5.39. The van der Waals surface area contributed by atoms with Crippen molar-refractivity contribution in [3.63, 3.8) is 0 Å². The van der Waals surface area contributed by atoms with E-state index in [9.17, 15) is 0 Å². The summed E-state index contributed by atoms with van der Waals surface area (Å²) in [6, 6.07) is 19.8. The highest BCUT2D eigenvalue weighted by Crippen LogP contribution is 2.11. The lowest BCUT2D eigenvalue weighted by molar-refractivity contribution is 0.196. The van der Waals surface area contributed by atoms with E-state index in [1.807, 2.05) is 60.7 Å². The average Bonchev–Trinajstić information content (AvgIpc) is 3.05. The molecule has 0 unspecified atom stereocenters. The fourth-order valence-electron chi connectivity index (χ4n) is 2.40. The Morgan fingerprint density at radius 1 is 0.652 bits per heavy atom. The van der Waals surface area contributed by atoms with Crippen molar-refractivity contribution in [3.05, 3.63) is 73.1 Å². The van der Waals surface area contributed by atoms with Gasteiger partial charge in [-0.15, -0.1) is 0 Å². The summed E-state index contributed by atoms with van der Waals surface area (Å²) in [6.45, 7) is 4.00. The molecule has 0 amide bonds. The van der Waals surface area contributed by atoms with Crippen LogP contribution in [0.25, 0.3) is 0 Å². The summed E-state index contributed by atoms with van der Waals surface area (Å²) in [7, 11) is 0. The number of hydrogen-bond donors (Lipinski definition) is 0. The predicted molar refractivity (Wildman–Crippen MR) is 91.3 cm³/mol. The van der Waals surface area contributed by atoms with Crippen LogP contribution in [0.1, 0.15) is 0 Å². The molecule has 23 heavy (non-hydrogen) atoms. The molecule has 0 aliphatic carbocycles. The molecule has 0 fully saturated rings. The van der Waals surface area contributed by atoms with Crippen molar-refractivity contribution in [1.29, 1.82) is 0 Å². The van der Waals surface area contributed by atoms with Gasteiger partial charge < -0.3 is 19.3 Å². The minimum atomic E-state index is 0.683. The van der Waals surface area contributed by atoms with Crippen LogP contribution in [-0.2, 0) is 0 Å². The van der Waals surface area contributed by atoms with Crippen molar-refractivity contribution >= 4 is 0 Å². The molecule has 1 aliphatic heterocycles. The first-order valence-corrected chi connectivity index (χ1v) is 7.92. The zero-order chi connectivity index (χ0) is 15.7. The second-order valence-corrected chi connectivity index (χ2v) is 5.39. The molecule has 120 valence electrons. The van der Waals surface area contributed by atoms with Crippen molar-refractivity contribution in [2.45, 2.75) is 0 Å². The van der Waals surface area contributed by atoms with Gasteiger partial charge in [0.05, 0.1) is 19.8 Å². The molecule has 0 saturated carbocycles. The number of ether oxygens (including phenoxy) is 2. The second kappa shape index (κ2) is 8.13. The summed E-state index contributed by atoms with van der Waals surface area (Å²) in [5.74, 6) is 1.84. The zero-order valence-electron chi connectivity index (χ0n) is 13.2. The first-order valence-electron chi connectivity index (χ1n) is 7.92. The van der Waals surface area contributed by atoms with Crippen LogP contribution in [0.5, 0.6) is 11.5 Å². The van der Waals surface area contributed by atoms with Gasteiger partial charge in [-0.25, -0.2) is 0 Å². The van der Waals surface area contributed by atoms with E-state index < -0.39 is 0 Å². The SMILES string of the molecule is C1=CN(CCOc2ccccc2)CN1CCOc1ccccc1. The fourth-order valence-corrected chi connectivity index (χ4v) is 2.40. The minimum absolute atomic E-state index is 0.683. The maximum absolute atomic E-state index is 5.72. The van der Waals surface area contributed by atoms with Crippen LogP contribution in [-0.4, -0.2) is 42.8 Å². The van der Waals surface area contributed by atoms with E-state index in [4.69, 9.17) is 9.47 Å². The summed E-state index contributed by atoms with van der Waals surface area (Å²) in [5.41, 5.74) is 0. The van der Waals surface area contributed by atoms with Gasteiger partial charge in [0.1, 0.15) is 24.7 Å². The molecular weight excluding hydrogens is 288 g/mol. The molecule has 4 nitrogen and oxygen atoms in total. The summed E-state index contributed by atoms with van der Waals surface area (Å²) in [5, 5.41) is 0. The highest BCUT2D eigenvalue weighted by atomic mass is 16.5. The van der Waals surface area contributed by atoms with Gasteiger partial charge in [-0.1, -0.05) is 36.4 Å². The standard InChI is InChI=1S/C19H22N2O2/c1-3-7-18(8-4-1)22-15-13-20-11-12-21(17-20)14-16-23-19-9-5-2-6-10-19/h1-12H,13-17H2. The van der Waals surface area contributed by atoms with E-state index in [0.717, 1.165) is 31.3 Å². The highest BCUT2D eigenvalue weighted by molar-refractivity contribution is 5.21. The van der Waals surface area contributed by atoms with Crippen LogP contribution in [0.3, 0.4) is 0 Å². The summed E-state index contributed by atoms with van der Waals surface area (Å²) in [4.78, 5) is 4.48. The number of nitrogens with zero attached hydrogens (tertiary/aromatic N) is 2. The van der Waals surface area contributed by atoms with E-state index in [1.165, 1.54) is 0 Å². The minimum Gasteiger partial charge on any atom is -0.492 e. The van der Waals surface area contributed by atoms with Gasteiger partial charge in [-0.05, 0) is 24.3 Å². The molecule has 0 spiro atoms. The molecule has 0 aromatic heterocycles. The quantitative estimate of drug-likeness (QED) is 0.747. The van der Waals surface area contributed by atoms with Crippen molar-refractivity contribution in [3.8, 4) is 11.5 Å². The van der Waals surface area contributed by atoms with Crippen LogP contribution in [0.15, 0.2) is 73.1 Å². The fraction of sp³-hybridized carbons (Fsp3) is 0.263. The van der Waals surface area contributed by atoms with E-state index in [1.54, 1.807) is 0 Å². The van der Waals surface area contributed by atoms with E-state index in [2.05, 4.69) is 22.2 Å². The van der Waals surface area contributed by atoms with Crippen LogP contribution < -0.4 is 9.47 Å². The molecule has 2 aromatic rings. The number of rotatable bonds is 8. The van der Waals surface area contributed by atoms with Crippen LogP contribution >= 0.6 is 0 Å². The Morgan fingerprint density at radius 3 is 1.52 bits per heavy atom. The molecule has 4 heteroatoms. The van der Waals surface area contributed by atoms with Crippen molar-refractivity contribution in [2.24, 2.45) is 0 Å². The average molecular weight is 310 g/mol. The Morgan fingerprint density at radius 2 is 1.09 bits per heavy atom. The lowest BCUT2D eigenvalue weighted by Gasteiger charge is -2.21. The van der Waals surface area contributed by atoms with Crippen molar-refractivity contribution in [1.82, 2.24) is 9.80 Å². The molecule has 0 atom stereocenters. The summed E-state index contributed by atoms with van der Waals surface area (Å²) < 4.78 is 11.4. The van der Waals surface area contributed by atoms with E-state index in [0.29, 0.717) is 13.2 Å². The van der Waals surface area contributed by atoms with Crippen LogP contribution in [0, 0.1) is 0 Å². The maximum Gasteiger partial charge on any atom is 0.119 e. The van der Waals surface area contributed by atoms with Gasteiger partial charge in [0.25, 0.3) is 0 Å². The lowest BCUT2D eigenvalue weighted by atomic mass is 10.3. The molecule has 1 aliphatic rings. The Labute approximate surface area is 137 Å². The maximum atomic E-state index is 5.72. The van der Waals surface area contributed by atoms with Crippen LogP contribution in [0.4, 0.5) is 0 Å². The molecule has 2 aromatic carbocycles. The largest absolute Gasteiger partial charge is 0.492 e. The third kappa shape index (κ3) is 4.95. The molecular formula is C19H22N2O2. The zero-order valence-corrected chi connectivity index (χ0v) is 13.2. The Bertz CT molecular complexity index is 548. The van der Waals surface area contributed by atoms with Crippen LogP contribution in [0.2, 0.25) is 0 Å².